The Bertz CT molecular complexity index is 447. The van der Waals surface area contributed by atoms with Crippen LogP contribution in [0.3, 0.4) is 0 Å². The second-order valence-electron chi connectivity index (χ2n) is 8.03. The molecule has 0 nitrogen and oxygen atoms in total. The van der Waals surface area contributed by atoms with E-state index >= 15 is 0 Å². The van der Waals surface area contributed by atoms with Gasteiger partial charge in [0.1, 0.15) is 0 Å². The molecule has 0 aromatic rings. The molecule has 4 aliphatic carbocycles. The van der Waals surface area contributed by atoms with Gasteiger partial charge in [0.2, 0.25) is 0 Å². The van der Waals surface area contributed by atoms with E-state index in [0.717, 1.165) is 24.7 Å². The first-order chi connectivity index (χ1) is 11.9. The molecule has 0 aliphatic heterocycles. The zero-order chi connectivity index (χ0) is 16.5. The summed E-state index contributed by atoms with van der Waals surface area (Å²) in [6, 6.07) is 0. The summed E-state index contributed by atoms with van der Waals surface area (Å²) in [6.45, 7) is 0. The fourth-order valence-electron chi connectivity index (χ4n) is 4.59. The summed E-state index contributed by atoms with van der Waals surface area (Å²) in [7, 11) is 0. The fourth-order valence-corrected chi connectivity index (χ4v) is 4.59. The van der Waals surface area contributed by atoms with Crippen LogP contribution in [0, 0.1) is 24.0 Å². The van der Waals surface area contributed by atoms with Crippen LogP contribution in [0.4, 0.5) is 9.41 Å². The predicted octanol–water partition coefficient (Wildman–Crippen LogP) is 7.60. The topological polar surface area (TPSA) is 0 Å². The maximum atomic E-state index is 3.41. The molecule has 27 heavy (non-hydrogen) atoms. The molecule has 4 aliphatic rings. The molecule has 0 bridgehead atoms. The van der Waals surface area contributed by atoms with Crippen LogP contribution in [0.1, 0.15) is 89.9 Å². The molecule has 0 radical (unpaired) electrons. The van der Waals surface area contributed by atoms with E-state index in [1.807, 2.05) is 0 Å². The molecule has 0 atom stereocenters. The number of allylic oxidation sites excluding steroid dienone is 8. The zero-order valence-electron chi connectivity index (χ0n) is 16.7. The molecule has 0 amide bonds. The van der Waals surface area contributed by atoms with Crippen LogP contribution in [0.2, 0.25) is 0 Å². The van der Waals surface area contributed by atoms with E-state index in [0.29, 0.717) is 0 Å². The predicted molar refractivity (Wildman–Crippen MR) is 108 cm³/mol. The quantitative estimate of drug-likeness (QED) is 0.385. The standard InChI is InChI=1S/2C12H17.2FH.Zr/c2*1-2-6-11(7-3-1)10-12-8-4-5-9-12;;;/h2*4,8,11H,1-3,5-7,10H2;2*1H;/q2*-1;;;+2. The molecule has 2 fully saturated rings. The molecule has 0 aromatic heterocycles. The SMILES string of the molecule is F.F.[C-]1=C(CC2CCCCC2)C=CC1.[C-]1=C(CC2CCCCC2)C=CC1.[Zr+2]. The molecule has 0 spiro atoms. The zero-order valence-corrected chi connectivity index (χ0v) is 19.1. The molecule has 0 aromatic carbocycles. The first kappa shape index (κ1) is 26.7. The van der Waals surface area contributed by atoms with Gasteiger partial charge in [0.15, 0.2) is 0 Å². The van der Waals surface area contributed by atoms with Crippen LogP contribution in [-0.2, 0) is 26.2 Å². The molecular formula is C24H36F2Zr. The summed E-state index contributed by atoms with van der Waals surface area (Å²) < 4.78 is 0. The molecule has 4 rings (SSSR count). The summed E-state index contributed by atoms with van der Waals surface area (Å²) >= 11 is 0. The minimum atomic E-state index is 0. The van der Waals surface area contributed by atoms with Crippen LogP contribution >= 0.6 is 0 Å². The summed E-state index contributed by atoms with van der Waals surface area (Å²) in [5.74, 6) is 1.95. The first-order valence-electron chi connectivity index (χ1n) is 10.4. The number of hydrogen-bond acceptors (Lipinski definition) is 0. The molecular weight excluding hydrogens is 417 g/mol. The van der Waals surface area contributed by atoms with Crippen LogP contribution in [0.5, 0.6) is 0 Å². The normalized spacial score (nSPS) is 21.8. The van der Waals surface area contributed by atoms with Crippen molar-refractivity contribution < 1.29 is 35.6 Å². The largest absolute Gasteiger partial charge is 2.00 e. The van der Waals surface area contributed by atoms with Gasteiger partial charge in [-0.2, -0.15) is 12.2 Å². The van der Waals surface area contributed by atoms with Gasteiger partial charge in [-0.1, -0.05) is 77.0 Å². The van der Waals surface area contributed by atoms with Crippen LogP contribution in [0.25, 0.3) is 0 Å². The summed E-state index contributed by atoms with van der Waals surface area (Å²) in [5.41, 5.74) is 2.95. The molecule has 2 saturated carbocycles. The molecule has 0 saturated heterocycles. The summed E-state index contributed by atoms with van der Waals surface area (Å²) in [6.07, 6.45) is 35.1. The minimum Gasteiger partial charge on any atom is -0.269 e. The van der Waals surface area contributed by atoms with Gasteiger partial charge < -0.3 is 0 Å². The van der Waals surface area contributed by atoms with Gasteiger partial charge in [-0.25, -0.2) is 23.3 Å². The van der Waals surface area contributed by atoms with Crippen molar-refractivity contribution in [1.29, 1.82) is 0 Å². The molecule has 0 unspecified atom stereocenters. The van der Waals surface area contributed by atoms with E-state index in [-0.39, 0.29) is 35.6 Å². The molecule has 3 heteroatoms. The monoisotopic (exact) mass is 452 g/mol. The Morgan fingerprint density at radius 3 is 1.30 bits per heavy atom. The average Bonchev–Trinajstić information content (AvgIpc) is 3.32. The van der Waals surface area contributed by atoms with E-state index in [4.69, 9.17) is 0 Å². The van der Waals surface area contributed by atoms with Crippen molar-refractivity contribution in [2.24, 2.45) is 11.8 Å². The van der Waals surface area contributed by atoms with Gasteiger partial charge >= 0.3 is 26.2 Å². The van der Waals surface area contributed by atoms with Crippen LogP contribution in [0.15, 0.2) is 35.5 Å². The van der Waals surface area contributed by atoms with Gasteiger partial charge in [-0.15, -0.1) is 12.8 Å². The van der Waals surface area contributed by atoms with Crippen LogP contribution in [-0.4, -0.2) is 0 Å². The second-order valence-corrected chi connectivity index (χ2v) is 8.03. The van der Waals surface area contributed by atoms with Crippen molar-refractivity contribution in [3.8, 4) is 0 Å². The Morgan fingerprint density at radius 1 is 0.630 bits per heavy atom. The van der Waals surface area contributed by atoms with E-state index in [1.165, 1.54) is 88.2 Å². The third kappa shape index (κ3) is 10.2. The van der Waals surface area contributed by atoms with Crippen molar-refractivity contribution in [3.05, 3.63) is 47.6 Å². The maximum Gasteiger partial charge on any atom is 2.00 e. The second kappa shape index (κ2) is 15.6. The molecule has 150 valence electrons. The Kier molecular flexibility index (Phi) is 15.4. The number of halogens is 2. The average molecular weight is 454 g/mol. The molecule has 0 N–H and O–H groups in total. The third-order valence-corrected chi connectivity index (χ3v) is 6.00. The Morgan fingerprint density at radius 2 is 1.00 bits per heavy atom. The van der Waals surface area contributed by atoms with E-state index in [9.17, 15) is 0 Å². The van der Waals surface area contributed by atoms with E-state index < -0.39 is 0 Å². The third-order valence-electron chi connectivity index (χ3n) is 6.00. The Labute approximate surface area is 184 Å². The fraction of sp³-hybridized carbons (Fsp3) is 0.667. The van der Waals surface area contributed by atoms with Gasteiger partial charge in [-0.3, -0.25) is 21.6 Å². The van der Waals surface area contributed by atoms with Crippen molar-refractivity contribution in [3.63, 3.8) is 0 Å². The molecule has 0 heterocycles. The van der Waals surface area contributed by atoms with Crippen molar-refractivity contribution in [1.82, 2.24) is 0 Å². The van der Waals surface area contributed by atoms with Crippen LogP contribution < -0.4 is 0 Å². The Hall–Kier alpha value is -0.297. The van der Waals surface area contributed by atoms with E-state index in [1.54, 1.807) is 0 Å². The maximum absolute atomic E-state index is 3.41. The van der Waals surface area contributed by atoms with Crippen molar-refractivity contribution in [2.75, 3.05) is 0 Å². The summed E-state index contributed by atoms with van der Waals surface area (Å²) in [4.78, 5) is 0. The summed E-state index contributed by atoms with van der Waals surface area (Å²) in [5, 5.41) is 0. The van der Waals surface area contributed by atoms with Gasteiger partial charge in [0.25, 0.3) is 0 Å². The Balaban J connectivity index is 0.000000451. The van der Waals surface area contributed by atoms with Gasteiger partial charge in [0.05, 0.1) is 0 Å². The minimum absolute atomic E-state index is 0. The van der Waals surface area contributed by atoms with Crippen molar-refractivity contribution >= 4 is 0 Å². The van der Waals surface area contributed by atoms with Crippen molar-refractivity contribution in [2.45, 2.75) is 89.9 Å². The van der Waals surface area contributed by atoms with Gasteiger partial charge in [0, 0.05) is 0 Å². The number of hydrogen-bond donors (Lipinski definition) is 0. The van der Waals surface area contributed by atoms with E-state index in [2.05, 4.69) is 36.5 Å². The smallest absolute Gasteiger partial charge is 0.269 e. The first-order valence-corrected chi connectivity index (χ1v) is 10.4. The number of rotatable bonds is 4. The van der Waals surface area contributed by atoms with Gasteiger partial charge in [-0.05, 0) is 11.8 Å².